The van der Waals surface area contributed by atoms with Crippen LogP contribution in [0.2, 0.25) is 6.32 Å². The normalized spacial score (nSPS) is 13.4. The van der Waals surface area contributed by atoms with Crippen molar-refractivity contribution < 1.29 is 0 Å². The van der Waals surface area contributed by atoms with E-state index in [2.05, 4.69) is 20.5 Å². The van der Waals surface area contributed by atoms with Crippen LogP contribution in [-0.4, -0.2) is 26.2 Å². The lowest BCUT2D eigenvalue weighted by atomic mass is 9.79. The molecule has 0 saturated heterocycles. The zero-order valence-electron chi connectivity index (χ0n) is 6.28. The van der Waals surface area contributed by atoms with Crippen LogP contribution in [0.3, 0.4) is 0 Å². The van der Waals surface area contributed by atoms with Crippen LogP contribution in [-0.2, 0) is 0 Å². The maximum Gasteiger partial charge on any atom is 0.125 e. The van der Waals surface area contributed by atoms with Crippen molar-refractivity contribution in [3.8, 4) is 0 Å². The van der Waals surface area contributed by atoms with Gasteiger partial charge in [-0.3, -0.25) is 0 Å². The molecule has 48 valence electrons. The largest absolute Gasteiger partial charge is 0.125 e. The predicted molar refractivity (Wildman–Crippen MR) is 45.9 cm³/mol. The molecule has 0 fully saturated rings. The highest BCUT2D eigenvalue weighted by molar-refractivity contribution is 7.58. The van der Waals surface area contributed by atoms with Crippen LogP contribution in [0.4, 0.5) is 0 Å². The van der Waals surface area contributed by atoms with E-state index in [-0.39, 0.29) is 0 Å². The van der Waals surface area contributed by atoms with Crippen LogP contribution in [0, 0.1) is 0 Å². The molecule has 0 rings (SSSR count). The van der Waals surface area contributed by atoms with Crippen LogP contribution < -0.4 is 0 Å². The van der Waals surface area contributed by atoms with Crippen molar-refractivity contribution in [3.63, 3.8) is 0 Å². The van der Waals surface area contributed by atoms with Gasteiger partial charge in [0.25, 0.3) is 0 Å². The first-order valence-electron chi connectivity index (χ1n) is 3.49. The van der Waals surface area contributed by atoms with Gasteiger partial charge in [0.2, 0.25) is 0 Å². The van der Waals surface area contributed by atoms with Crippen molar-refractivity contribution in [3.05, 3.63) is 0 Å². The van der Waals surface area contributed by atoms with Gasteiger partial charge in [-0.05, 0) is 12.8 Å². The summed E-state index contributed by atoms with van der Waals surface area (Å²) in [4.78, 5) is 0. The number of hydrogen-bond acceptors (Lipinski definition) is 0. The Kier molecular flexibility index (Phi) is 5.98. The molecule has 0 aliphatic carbocycles. The second-order valence-electron chi connectivity index (χ2n) is 2.25. The zero-order chi connectivity index (χ0) is 6.41. The molecule has 8 heavy (non-hydrogen) atoms. The van der Waals surface area contributed by atoms with Crippen LogP contribution in [0.15, 0.2) is 0 Å². The van der Waals surface area contributed by atoms with E-state index in [4.69, 9.17) is 0 Å². The smallest absolute Gasteiger partial charge is 0.118 e. The summed E-state index contributed by atoms with van der Waals surface area (Å²) in [7, 11) is 1.86. The molecule has 0 aliphatic heterocycles. The highest BCUT2D eigenvalue weighted by atomic mass is 31.1. The quantitative estimate of drug-likeness (QED) is 0.403. The monoisotopic (exact) mass is 130 g/mol. The lowest BCUT2D eigenvalue weighted by Crippen LogP contribution is -1.94. The summed E-state index contributed by atoms with van der Waals surface area (Å²) >= 11 is 0. The van der Waals surface area contributed by atoms with Gasteiger partial charge in [-0.15, -0.1) is 7.92 Å². The lowest BCUT2D eigenvalue weighted by molar-refractivity contribution is 1.44. The predicted octanol–water partition coefficient (Wildman–Crippen LogP) is 1.95. The van der Waals surface area contributed by atoms with E-state index in [1.165, 1.54) is 25.8 Å². The van der Waals surface area contributed by atoms with E-state index in [0.29, 0.717) is 7.92 Å². The number of rotatable bonds is 4. The number of hydrogen-bond donors (Lipinski definition) is 0. The molecule has 0 amide bonds. The summed E-state index contributed by atoms with van der Waals surface area (Å²) in [5, 5.41) is 0. The van der Waals surface area contributed by atoms with Crippen LogP contribution >= 0.6 is 7.92 Å². The van der Waals surface area contributed by atoms with E-state index in [9.17, 15) is 0 Å². The van der Waals surface area contributed by atoms with E-state index in [1.54, 1.807) is 0 Å². The summed E-state index contributed by atoms with van der Waals surface area (Å²) in [5.41, 5.74) is 0. The average Bonchev–Trinajstić information content (AvgIpc) is 1.83. The molecule has 0 heterocycles. The summed E-state index contributed by atoms with van der Waals surface area (Å²) in [6, 6.07) is 1.49. The fourth-order valence-electron chi connectivity index (χ4n) is 0.586. The van der Waals surface area contributed by atoms with E-state index in [0.717, 1.165) is 0 Å². The zero-order valence-corrected chi connectivity index (χ0v) is 7.17. The molecule has 1 unspecified atom stereocenters. The summed E-state index contributed by atoms with van der Waals surface area (Å²) in [6.45, 7) is 6.95. The molecule has 0 nitrogen and oxygen atoms in total. The van der Waals surface area contributed by atoms with Crippen molar-refractivity contribution in [1.29, 1.82) is 0 Å². The highest BCUT2D eigenvalue weighted by Crippen LogP contribution is 2.27. The molecule has 0 N–H and O–H groups in total. The van der Waals surface area contributed by atoms with Crippen molar-refractivity contribution >= 4 is 15.2 Å². The van der Waals surface area contributed by atoms with Gasteiger partial charge in [-0.1, -0.05) is 26.2 Å². The molecule has 0 aromatic rings. The molecule has 0 radical (unpaired) electrons. The van der Waals surface area contributed by atoms with Gasteiger partial charge in [-0.25, -0.2) is 0 Å². The van der Waals surface area contributed by atoms with Gasteiger partial charge in [0, 0.05) is 0 Å². The summed E-state index contributed by atoms with van der Waals surface area (Å²) < 4.78 is 0. The fourth-order valence-corrected chi connectivity index (χ4v) is 1.76. The first-order valence-corrected chi connectivity index (χ1v) is 5.65. The van der Waals surface area contributed by atoms with Gasteiger partial charge in [0.1, 0.15) is 7.28 Å². The maximum atomic E-state index is 2.39. The van der Waals surface area contributed by atoms with E-state index < -0.39 is 0 Å². The molecule has 0 aromatic heterocycles. The Bertz CT molecular complexity index is 47.8. The molecule has 0 spiro atoms. The SMILES string of the molecule is CCBCP(C)CC. The maximum absolute atomic E-state index is 2.39. The molecule has 0 bridgehead atoms. The molecule has 1 atom stereocenters. The highest BCUT2D eigenvalue weighted by Gasteiger charge is 1.95. The Hall–Kier alpha value is 0.495. The minimum atomic E-state index is 0.416. The first kappa shape index (κ1) is 8.49. The summed E-state index contributed by atoms with van der Waals surface area (Å²) in [6.07, 6.45) is 2.78. The average molecular weight is 130 g/mol. The van der Waals surface area contributed by atoms with Crippen LogP contribution in [0.25, 0.3) is 0 Å². The minimum absolute atomic E-state index is 0.416. The Balaban J connectivity index is 2.86. The summed E-state index contributed by atoms with van der Waals surface area (Å²) in [5.74, 6) is 0. The van der Waals surface area contributed by atoms with E-state index >= 15 is 0 Å². The molecular weight excluding hydrogens is 114 g/mol. The Morgan fingerprint density at radius 1 is 1.38 bits per heavy atom. The topological polar surface area (TPSA) is 0 Å². The molecule has 0 aliphatic rings. The molecule has 0 saturated carbocycles. The van der Waals surface area contributed by atoms with Crippen molar-refractivity contribution in [2.45, 2.75) is 20.2 Å². The molecular formula is C6H16BP. The van der Waals surface area contributed by atoms with Crippen molar-refractivity contribution in [1.82, 2.24) is 0 Å². The molecule has 0 aromatic carbocycles. The van der Waals surface area contributed by atoms with Gasteiger partial charge in [-0.2, -0.15) is 0 Å². The third-order valence-electron chi connectivity index (χ3n) is 1.43. The van der Waals surface area contributed by atoms with Gasteiger partial charge in [0.15, 0.2) is 0 Å². The van der Waals surface area contributed by atoms with Crippen molar-refractivity contribution in [2.24, 2.45) is 0 Å². The lowest BCUT2D eigenvalue weighted by Gasteiger charge is -2.04. The van der Waals surface area contributed by atoms with Gasteiger partial charge < -0.3 is 0 Å². The van der Waals surface area contributed by atoms with Gasteiger partial charge >= 0.3 is 0 Å². The standard InChI is InChI=1S/C6H16BP/c1-4-7-6-8(3)5-2/h7H,4-6H2,1-3H3. The van der Waals surface area contributed by atoms with Crippen LogP contribution in [0.1, 0.15) is 13.8 Å². The molecule has 2 heteroatoms. The fraction of sp³-hybridized carbons (Fsp3) is 1.00. The first-order chi connectivity index (χ1) is 3.81. The third-order valence-corrected chi connectivity index (χ3v) is 3.59. The van der Waals surface area contributed by atoms with Crippen molar-refractivity contribution in [2.75, 3.05) is 18.9 Å². The minimum Gasteiger partial charge on any atom is -0.118 e. The van der Waals surface area contributed by atoms with E-state index in [1.807, 2.05) is 0 Å². The van der Waals surface area contributed by atoms with Gasteiger partial charge in [0.05, 0.1) is 0 Å². The third kappa shape index (κ3) is 4.65. The Labute approximate surface area is 55.1 Å². The Morgan fingerprint density at radius 2 is 2.00 bits per heavy atom. The van der Waals surface area contributed by atoms with Crippen LogP contribution in [0.5, 0.6) is 0 Å². The Morgan fingerprint density at radius 3 is 2.38 bits per heavy atom. The second-order valence-corrected chi connectivity index (χ2v) is 5.04. The second kappa shape index (κ2) is 5.63.